The van der Waals surface area contributed by atoms with E-state index in [0.717, 1.165) is 40.9 Å². The lowest BCUT2D eigenvalue weighted by atomic mass is 9.89. The molecule has 0 atom stereocenters. The highest BCUT2D eigenvalue weighted by atomic mass is 15.3. The van der Waals surface area contributed by atoms with Gasteiger partial charge in [0.2, 0.25) is 0 Å². The standard InChI is InChI=1S/C20H26N6/c1-15-11-24-26-19(23-14-17-8-5-9-21-12-17)10-18(25-20(15)26)22-13-16-6-3-2-4-7-16/h5,8-12,16,23H,2-4,6-7,13-14H2,1H3,(H,22,25). The Balaban J connectivity index is 1.52. The summed E-state index contributed by atoms with van der Waals surface area (Å²) in [5.74, 6) is 2.62. The topological polar surface area (TPSA) is 67.1 Å². The van der Waals surface area contributed by atoms with Crippen molar-refractivity contribution in [1.82, 2.24) is 19.6 Å². The predicted octanol–water partition coefficient (Wildman–Crippen LogP) is 4.04. The smallest absolute Gasteiger partial charge is 0.162 e. The van der Waals surface area contributed by atoms with Gasteiger partial charge in [-0.3, -0.25) is 4.98 Å². The van der Waals surface area contributed by atoms with Crippen molar-refractivity contribution in [2.24, 2.45) is 5.92 Å². The number of nitrogens with one attached hydrogen (secondary N) is 2. The summed E-state index contributed by atoms with van der Waals surface area (Å²) in [6.45, 7) is 3.75. The summed E-state index contributed by atoms with van der Waals surface area (Å²) < 4.78 is 1.87. The third kappa shape index (κ3) is 3.79. The van der Waals surface area contributed by atoms with Gasteiger partial charge in [0.1, 0.15) is 11.6 Å². The van der Waals surface area contributed by atoms with Gasteiger partial charge in [0, 0.05) is 37.1 Å². The maximum absolute atomic E-state index is 4.77. The van der Waals surface area contributed by atoms with Crippen molar-refractivity contribution in [3.63, 3.8) is 0 Å². The number of aryl methyl sites for hydroxylation is 1. The summed E-state index contributed by atoms with van der Waals surface area (Å²) in [4.78, 5) is 8.95. The highest BCUT2D eigenvalue weighted by Gasteiger charge is 2.14. The normalized spacial score (nSPS) is 15.3. The lowest BCUT2D eigenvalue weighted by molar-refractivity contribution is 0.373. The number of rotatable bonds is 6. The van der Waals surface area contributed by atoms with E-state index in [0.29, 0.717) is 6.54 Å². The molecule has 0 saturated heterocycles. The average Bonchev–Trinajstić information content (AvgIpc) is 3.07. The number of nitrogens with zero attached hydrogens (tertiary/aromatic N) is 4. The Kier molecular flexibility index (Phi) is 5.00. The first-order valence-corrected chi connectivity index (χ1v) is 9.51. The van der Waals surface area contributed by atoms with Crippen molar-refractivity contribution in [2.75, 3.05) is 17.2 Å². The SMILES string of the molecule is Cc1cnn2c(NCc3cccnc3)cc(NCC3CCCCC3)nc12. The van der Waals surface area contributed by atoms with E-state index < -0.39 is 0 Å². The van der Waals surface area contributed by atoms with Gasteiger partial charge in [-0.1, -0.05) is 25.3 Å². The lowest BCUT2D eigenvalue weighted by Gasteiger charge is -2.22. The molecule has 26 heavy (non-hydrogen) atoms. The molecule has 0 bridgehead atoms. The van der Waals surface area contributed by atoms with Crippen LogP contribution in [0.3, 0.4) is 0 Å². The molecule has 4 rings (SSSR count). The van der Waals surface area contributed by atoms with E-state index in [1.807, 2.05) is 29.9 Å². The van der Waals surface area contributed by atoms with E-state index in [9.17, 15) is 0 Å². The fourth-order valence-electron chi connectivity index (χ4n) is 3.62. The summed E-state index contributed by atoms with van der Waals surface area (Å²) in [5, 5.41) is 11.5. The van der Waals surface area contributed by atoms with Crippen LogP contribution in [0.1, 0.15) is 43.2 Å². The minimum atomic E-state index is 0.702. The van der Waals surface area contributed by atoms with Crippen LogP contribution in [-0.2, 0) is 6.54 Å². The summed E-state index contributed by atoms with van der Waals surface area (Å²) >= 11 is 0. The highest BCUT2D eigenvalue weighted by Crippen LogP contribution is 2.25. The molecule has 1 saturated carbocycles. The summed E-state index contributed by atoms with van der Waals surface area (Å²) in [7, 11) is 0. The average molecular weight is 350 g/mol. The molecule has 2 N–H and O–H groups in total. The van der Waals surface area contributed by atoms with Gasteiger partial charge in [0.15, 0.2) is 5.65 Å². The van der Waals surface area contributed by atoms with E-state index in [1.165, 1.54) is 32.1 Å². The van der Waals surface area contributed by atoms with Gasteiger partial charge >= 0.3 is 0 Å². The molecule has 1 aliphatic carbocycles. The first kappa shape index (κ1) is 16.8. The molecule has 6 nitrogen and oxygen atoms in total. The second-order valence-electron chi connectivity index (χ2n) is 7.19. The first-order valence-electron chi connectivity index (χ1n) is 9.51. The fourth-order valence-corrected chi connectivity index (χ4v) is 3.62. The van der Waals surface area contributed by atoms with Gasteiger partial charge in [-0.25, -0.2) is 4.98 Å². The molecule has 0 unspecified atom stereocenters. The van der Waals surface area contributed by atoms with Crippen LogP contribution in [0, 0.1) is 12.8 Å². The molecule has 1 aliphatic rings. The zero-order valence-corrected chi connectivity index (χ0v) is 15.3. The highest BCUT2D eigenvalue weighted by molar-refractivity contribution is 5.59. The van der Waals surface area contributed by atoms with Gasteiger partial charge in [0.25, 0.3) is 0 Å². The Labute approximate surface area is 154 Å². The quantitative estimate of drug-likeness (QED) is 0.702. The van der Waals surface area contributed by atoms with E-state index >= 15 is 0 Å². The predicted molar refractivity (Wildman–Crippen MR) is 104 cm³/mol. The van der Waals surface area contributed by atoms with Gasteiger partial charge in [-0.2, -0.15) is 9.61 Å². The number of anilines is 2. The molecule has 0 aromatic carbocycles. The van der Waals surface area contributed by atoms with Crippen molar-refractivity contribution < 1.29 is 0 Å². The van der Waals surface area contributed by atoms with Gasteiger partial charge in [-0.15, -0.1) is 0 Å². The fraction of sp³-hybridized carbons (Fsp3) is 0.450. The summed E-state index contributed by atoms with van der Waals surface area (Å²) in [5.41, 5.74) is 3.11. The second-order valence-corrected chi connectivity index (χ2v) is 7.19. The van der Waals surface area contributed by atoms with Crippen LogP contribution in [0.5, 0.6) is 0 Å². The molecule has 3 heterocycles. The van der Waals surface area contributed by atoms with E-state index in [1.54, 1.807) is 6.20 Å². The molecule has 3 aromatic rings. The Morgan fingerprint density at radius 2 is 2.04 bits per heavy atom. The monoisotopic (exact) mass is 350 g/mol. The molecular formula is C20H26N6. The molecule has 0 radical (unpaired) electrons. The van der Waals surface area contributed by atoms with Crippen molar-refractivity contribution in [3.8, 4) is 0 Å². The van der Waals surface area contributed by atoms with Crippen molar-refractivity contribution in [1.29, 1.82) is 0 Å². The Morgan fingerprint density at radius 1 is 1.15 bits per heavy atom. The zero-order chi connectivity index (χ0) is 17.8. The van der Waals surface area contributed by atoms with Crippen LogP contribution in [0.15, 0.2) is 36.8 Å². The Hall–Kier alpha value is -2.63. The number of hydrogen-bond acceptors (Lipinski definition) is 5. The molecule has 136 valence electrons. The Bertz CT molecular complexity index is 851. The number of pyridine rings is 1. The third-order valence-electron chi connectivity index (χ3n) is 5.14. The van der Waals surface area contributed by atoms with Crippen LogP contribution in [-0.4, -0.2) is 26.1 Å². The molecule has 0 amide bonds. The maximum atomic E-state index is 4.77. The van der Waals surface area contributed by atoms with Crippen molar-refractivity contribution in [3.05, 3.63) is 47.9 Å². The molecule has 6 heteroatoms. The number of fused-ring (bicyclic) bond motifs is 1. The van der Waals surface area contributed by atoms with E-state index in [4.69, 9.17) is 4.98 Å². The third-order valence-corrected chi connectivity index (χ3v) is 5.14. The minimum absolute atomic E-state index is 0.702. The second kappa shape index (κ2) is 7.72. The summed E-state index contributed by atoms with van der Waals surface area (Å²) in [6.07, 6.45) is 12.3. The lowest BCUT2D eigenvalue weighted by Crippen LogP contribution is -2.18. The summed E-state index contributed by atoms with van der Waals surface area (Å²) in [6, 6.07) is 6.07. The van der Waals surface area contributed by atoms with Crippen LogP contribution in [0.2, 0.25) is 0 Å². The zero-order valence-electron chi connectivity index (χ0n) is 15.3. The first-order chi connectivity index (χ1) is 12.8. The molecule has 0 aliphatic heterocycles. The van der Waals surface area contributed by atoms with Crippen LogP contribution in [0.25, 0.3) is 5.65 Å². The van der Waals surface area contributed by atoms with Crippen LogP contribution < -0.4 is 10.6 Å². The Morgan fingerprint density at radius 3 is 2.85 bits per heavy atom. The van der Waals surface area contributed by atoms with Gasteiger partial charge < -0.3 is 10.6 Å². The van der Waals surface area contributed by atoms with Crippen molar-refractivity contribution >= 4 is 17.3 Å². The minimum Gasteiger partial charge on any atom is -0.370 e. The molecule has 3 aromatic heterocycles. The van der Waals surface area contributed by atoms with E-state index in [2.05, 4.69) is 32.8 Å². The van der Waals surface area contributed by atoms with Crippen molar-refractivity contribution in [2.45, 2.75) is 45.6 Å². The van der Waals surface area contributed by atoms with E-state index in [-0.39, 0.29) is 0 Å². The van der Waals surface area contributed by atoms with Gasteiger partial charge in [0.05, 0.1) is 6.20 Å². The maximum Gasteiger partial charge on any atom is 0.162 e. The van der Waals surface area contributed by atoms with Crippen LogP contribution in [0.4, 0.5) is 11.6 Å². The van der Waals surface area contributed by atoms with Crippen LogP contribution >= 0.6 is 0 Å². The number of hydrogen-bond donors (Lipinski definition) is 2. The van der Waals surface area contributed by atoms with Gasteiger partial charge in [-0.05, 0) is 37.3 Å². The molecule has 1 fully saturated rings. The number of aromatic nitrogens is 4. The largest absolute Gasteiger partial charge is 0.370 e. The molecule has 0 spiro atoms. The molecular weight excluding hydrogens is 324 g/mol.